The maximum Gasteiger partial charge on any atom is 0.243 e. The van der Waals surface area contributed by atoms with E-state index in [1.165, 1.54) is 7.11 Å². The van der Waals surface area contributed by atoms with Gasteiger partial charge in [-0.05, 0) is 49.1 Å². The number of methoxy groups -OCH3 is 2. The fourth-order valence-electron chi connectivity index (χ4n) is 3.63. The zero-order valence-corrected chi connectivity index (χ0v) is 18.9. The molecule has 2 aromatic rings. The largest absolute Gasteiger partial charge is 0.497 e. The van der Waals surface area contributed by atoms with E-state index >= 15 is 0 Å². The van der Waals surface area contributed by atoms with E-state index in [2.05, 4.69) is 5.32 Å². The highest BCUT2D eigenvalue weighted by molar-refractivity contribution is 7.89. The lowest BCUT2D eigenvalue weighted by molar-refractivity contribution is -0.116. The quantitative estimate of drug-likeness (QED) is 0.666. The van der Waals surface area contributed by atoms with Gasteiger partial charge in [0, 0.05) is 25.6 Å². The minimum Gasteiger partial charge on any atom is -0.497 e. The highest BCUT2D eigenvalue weighted by Crippen LogP contribution is 2.29. The minimum absolute atomic E-state index is 0.148. The van der Waals surface area contributed by atoms with Crippen LogP contribution in [-0.2, 0) is 21.2 Å². The van der Waals surface area contributed by atoms with Crippen molar-refractivity contribution in [1.29, 1.82) is 0 Å². The first-order valence-electron chi connectivity index (χ1n) is 10.5. The van der Waals surface area contributed by atoms with Crippen molar-refractivity contribution in [1.82, 2.24) is 4.31 Å². The first-order valence-corrected chi connectivity index (χ1v) is 12.0. The van der Waals surface area contributed by atoms with E-state index < -0.39 is 10.0 Å². The Morgan fingerprint density at radius 3 is 2.26 bits per heavy atom. The van der Waals surface area contributed by atoms with E-state index in [0.717, 1.165) is 31.2 Å². The summed E-state index contributed by atoms with van der Waals surface area (Å²) in [5.74, 6) is 1.02. The second kappa shape index (κ2) is 10.6. The average molecular weight is 447 g/mol. The van der Waals surface area contributed by atoms with Crippen molar-refractivity contribution in [3.63, 3.8) is 0 Å². The van der Waals surface area contributed by atoms with Crippen LogP contribution in [0.4, 0.5) is 5.69 Å². The summed E-state index contributed by atoms with van der Waals surface area (Å²) in [7, 11) is -0.357. The molecule has 0 bridgehead atoms. The molecule has 1 aliphatic rings. The molecule has 3 rings (SSSR count). The van der Waals surface area contributed by atoms with Gasteiger partial charge in [0.15, 0.2) is 0 Å². The number of carbonyl (C=O) groups excluding carboxylic acids is 1. The molecule has 31 heavy (non-hydrogen) atoms. The summed E-state index contributed by atoms with van der Waals surface area (Å²) in [6, 6.07) is 12.0. The number of benzene rings is 2. The van der Waals surface area contributed by atoms with Crippen LogP contribution in [0.1, 0.15) is 37.7 Å². The van der Waals surface area contributed by atoms with Gasteiger partial charge in [-0.25, -0.2) is 8.42 Å². The van der Waals surface area contributed by atoms with Crippen molar-refractivity contribution in [2.24, 2.45) is 0 Å². The van der Waals surface area contributed by atoms with E-state index in [1.807, 2.05) is 0 Å². The van der Waals surface area contributed by atoms with Crippen molar-refractivity contribution in [3.8, 4) is 11.5 Å². The van der Waals surface area contributed by atoms with Crippen LogP contribution in [0.15, 0.2) is 47.4 Å². The number of rotatable bonds is 8. The molecule has 0 unspecified atom stereocenters. The van der Waals surface area contributed by atoms with Gasteiger partial charge in [0.2, 0.25) is 15.9 Å². The molecule has 7 nitrogen and oxygen atoms in total. The third kappa shape index (κ3) is 5.98. The summed E-state index contributed by atoms with van der Waals surface area (Å²) in [6.45, 7) is 1.16. The number of ether oxygens (including phenoxy) is 2. The molecular weight excluding hydrogens is 416 g/mol. The normalized spacial score (nSPS) is 15.2. The molecule has 0 aromatic heterocycles. The van der Waals surface area contributed by atoms with Crippen LogP contribution in [0.25, 0.3) is 0 Å². The van der Waals surface area contributed by atoms with E-state index in [9.17, 15) is 13.2 Å². The highest BCUT2D eigenvalue weighted by Gasteiger charge is 2.24. The van der Waals surface area contributed by atoms with Gasteiger partial charge < -0.3 is 14.8 Å². The predicted octanol–water partition coefficient (Wildman–Crippen LogP) is 3.84. The van der Waals surface area contributed by atoms with Gasteiger partial charge in [-0.15, -0.1) is 0 Å². The van der Waals surface area contributed by atoms with Crippen LogP contribution in [0, 0.1) is 0 Å². The van der Waals surface area contributed by atoms with Gasteiger partial charge >= 0.3 is 0 Å². The Bertz CT molecular complexity index is 982. The third-order valence-corrected chi connectivity index (χ3v) is 7.36. The standard InChI is InChI=1S/C23H30N2O5S/c1-29-19-10-13-21(22(17-19)30-2)24-23(26)14-9-18-7-11-20(12-8-18)31(27,28)25-15-5-3-4-6-16-25/h7-8,10-13,17H,3-6,9,14-16H2,1-2H3,(H,24,26). The average Bonchev–Trinajstić information content (AvgIpc) is 3.08. The summed E-state index contributed by atoms with van der Waals surface area (Å²) >= 11 is 0. The lowest BCUT2D eigenvalue weighted by atomic mass is 10.1. The molecule has 8 heteroatoms. The maximum absolute atomic E-state index is 12.9. The van der Waals surface area contributed by atoms with Gasteiger partial charge in [-0.2, -0.15) is 4.31 Å². The van der Waals surface area contributed by atoms with Crippen LogP contribution in [0.2, 0.25) is 0 Å². The molecule has 1 N–H and O–H groups in total. The summed E-state index contributed by atoms with van der Waals surface area (Å²) in [6.07, 6.45) is 4.75. The number of carbonyl (C=O) groups is 1. The van der Waals surface area contributed by atoms with E-state index in [-0.39, 0.29) is 12.3 Å². The Labute approximate surface area is 184 Å². The van der Waals surface area contributed by atoms with Crippen molar-refractivity contribution >= 4 is 21.6 Å². The van der Waals surface area contributed by atoms with Gasteiger partial charge in [-0.1, -0.05) is 25.0 Å². The van der Waals surface area contributed by atoms with Crippen LogP contribution in [-0.4, -0.2) is 45.9 Å². The SMILES string of the molecule is COc1ccc(NC(=O)CCc2ccc(S(=O)(=O)N3CCCCCC3)cc2)c(OC)c1. The molecule has 168 valence electrons. The Hall–Kier alpha value is -2.58. The second-order valence-electron chi connectivity index (χ2n) is 7.58. The van der Waals surface area contributed by atoms with E-state index in [4.69, 9.17) is 9.47 Å². The zero-order valence-electron chi connectivity index (χ0n) is 18.1. The van der Waals surface area contributed by atoms with Crippen LogP contribution in [0.3, 0.4) is 0 Å². The summed E-state index contributed by atoms with van der Waals surface area (Å²) in [4.78, 5) is 12.7. The fourth-order valence-corrected chi connectivity index (χ4v) is 5.15. The molecule has 1 heterocycles. The molecule has 2 aromatic carbocycles. The summed E-state index contributed by atoms with van der Waals surface area (Å²) in [5, 5.41) is 2.85. The molecule has 1 amide bonds. The van der Waals surface area contributed by atoms with Crippen LogP contribution < -0.4 is 14.8 Å². The van der Waals surface area contributed by atoms with Gasteiger partial charge in [0.05, 0.1) is 24.8 Å². The monoisotopic (exact) mass is 446 g/mol. The lowest BCUT2D eigenvalue weighted by Gasteiger charge is -2.20. The van der Waals surface area contributed by atoms with Crippen molar-refractivity contribution in [2.75, 3.05) is 32.6 Å². The van der Waals surface area contributed by atoms with Gasteiger partial charge in [0.25, 0.3) is 0 Å². The predicted molar refractivity (Wildman–Crippen MR) is 120 cm³/mol. The van der Waals surface area contributed by atoms with Gasteiger partial charge in [0.1, 0.15) is 11.5 Å². The first kappa shape index (κ1) is 23.1. The van der Waals surface area contributed by atoms with Crippen molar-refractivity contribution in [2.45, 2.75) is 43.4 Å². The van der Waals surface area contributed by atoms with Gasteiger partial charge in [-0.3, -0.25) is 4.79 Å². The number of hydrogen-bond acceptors (Lipinski definition) is 5. The Morgan fingerprint density at radius 2 is 1.65 bits per heavy atom. The molecule has 1 aliphatic heterocycles. The van der Waals surface area contributed by atoms with Crippen molar-refractivity contribution in [3.05, 3.63) is 48.0 Å². The molecule has 1 saturated heterocycles. The Morgan fingerprint density at radius 1 is 0.968 bits per heavy atom. The van der Waals surface area contributed by atoms with E-state index in [1.54, 1.807) is 53.9 Å². The number of anilines is 1. The Kier molecular flexibility index (Phi) is 7.92. The minimum atomic E-state index is -3.46. The number of hydrogen-bond donors (Lipinski definition) is 1. The smallest absolute Gasteiger partial charge is 0.243 e. The second-order valence-corrected chi connectivity index (χ2v) is 9.51. The molecule has 0 spiro atoms. The fraction of sp³-hybridized carbons (Fsp3) is 0.435. The molecule has 1 fully saturated rings. The maximum atomic E-state index is 12.9. The summed E-state index contributed by atoms with van der Waals surface area (Å²) < 4.78 is 37.8. The molecule has 0 aliphatic carbocycles. The summed E-state index contributed by atoms with van der Waals surface area (Å²) in [5.41, 5.74) is 1.49. The molecule has 0 saturated carbocycles. The number of nitrogens with one attached hydrogen (secondary N) is 1. The third-order valence-electron chi connectivity index (χ3n) is 5.45. The first-order chi connectivity index (χ1) is 14.9. The Balaban J connectivity index is 1.58. The number of sulfonamides is 1. The molecule has 0 radical (unpaired) electrons. The van der Waals surface area contributed by atoms with E-state index in [0.29, 0.717) is 41.6 Å². The molecule has 0 atom stereocenters. The van der Waals surface area contributed by atoms with Crippen LogP contribution in [0.5, 0.6) is 11.5 Å². The number of amides is 1. The van der Waals surface area contributed by atoms with Crippen LogP contribution >= 0.6 is 0 Å². The number of nitrogens with zero attached hydrogens (tertiary/aromatic N) is 1. The lowest BCUT2D eigenvalue weighted by Crippen LogP contribution is -2.31. The highest BCUT2D eigenvalue weighted by atomic mass is 32.2. The van der Waals surface area contributed by atoms with Crippen molar-refractivity contribution < 1.29 is 22.7 Å². The molecular formula is C23H30N2O5S. The number of aryl methyl sites for hydroxylation is 1. The zero-order chi connectivity index (χ0) is 22.3. The topological polar surface area (TPSA) is 84.9 Å².